The zero-order valence-electron chi connectivity index (χ0n) is 63.4. The van der Waals surface area contributed by atoms with Crippen LogP contribution in [0.25, 0.3) is 0 Å². The molecule has 92 heavy (non-hydrogen) atoms. The van der Waals surface area contributed by atoms with E-state index >= 15 is 4.79 Å². The zero-order chi connectivity index (χ0) is 69.6. The Morgan fingerprint density at radius 3 is 1.75 bits per heavy atom. The number of fused-ring (bicyclic) bond motifs is 2. The van der Waals surface area contributed by atoms with E-state index in [1.165, 1.54) is 6.92 Å². The van der Waals surface area contributed by atoms with Gasteiger partial charge in [0, 0.05) is 56.5 Å². The van der Waals surface area contributed by atoms with E-state index in [-0.39, 0.29) is 80.3 Å². The molecule has 0 spiro atoms. The van der Waals surface area contributed by atoms with Gasteiger partial charge in [-0.1, -0.05) is 152 Å². The SMILES string of the molecule is C=C1C(C)CC2CC[C@@H]3O[C@@H](CCC/C=C/C(O[Si](C)(C)C(C)(C)C)C4O[C@H]5CCC(CC(=O)CC6C(CC1OC(C)=O)OC(CC(CO[Si](C)(C)C(C)(C)C)O[Si](C)(C)C(C)(C)C)[C@@H]6OC)OC5C(O[Si](C)(C)C(C)(C)C)C4O[Si](C)(C)C(C)(C)C)CC3(CI)O2. The van der Waals surface area contributed by atoms with Crippen molar-refractivity contribution in [2.45, 2.75) is 389 Å². The molecule has 5 fully saturated rings. The Hall–Kier alpha value is -0.00558. The fourth-order valence-electron chi connectivity index (χ4n) is 13.3. The molecule has 14 unspecified atom stereocenters. The summed E-state index contributed by atoms with van der Waals surface area (Å²) in [6.45, 7) is 66.3. The van der Waals surface area contributed by atoms with Crippen LogP contribution in [-0.2, 0) is 64.9 Å². The number of halogens is 1. The first-order chi connectivity index (χ1) is 41.9. The summed E-state index contributed by atoms with van der Waals surface area (Å²) in [5.41, 5.74) is 0.425. The molecule has 0 amide bonds. The average molecular weight is 1490 g/mol. The highest BCUT2D eigenvalue weighted by Gasteiger charge is 2.59. The van der Waals surface area contributed by atoms with E-state index in [0.29, 0.717) is 32.3 Å². The quantitative estimate of drug-likeness (QED) is 0.0475. The van der Waals surface area contributed by atoms with Crippen LogP contribution in [0.5, 0.6) is 0 Å². The van der Waals surface area contributed by atoms with Crippen molar-refractivity contribution in [3.05, 3.63) is 24.3 Å². The van der Waals surface area contributed by atoms with Crippen LogP contribution >= 0.6 is 22.6 Å². The Morgan fingerprint density at radius 1 is 0.652 bits per heavy atom. The molecule has 5 saturated heterocycles. The van der Waals surface area contributed by atoms with Crippen molar-refractivity contribution in [3.63, 3.8) is 0 Å². The van der Waals surface area contributed by atoms with Crippen molar-refractivity contribution in [2.24, 2.45) is 11.8 Å². The van der Waals surface area contributed by atoms with Crippen LogP contribution in [0.4, 0.5) is 0 Å². The molecule has 0 aliphatic carbocycles. The zero-order valence-corrected chi connectivity index (χ0v) is 70.5. The maximum Gasteiger partial charge on any atom is 0.303 e. The number of ether oxygens (including phenoxy) is 7. The number of rotatable bonds is 16. The van der Waals surface area contributed by atoms with Gasteiger partial charge < -0.3 is 55.3 Å². The molecular formula is C72H135IO14Si5. The number of alkyl halides is 1. The highest BCUT2D eigenvalue weighted by atomic mass is 127. The number of ketones is 1. The van der Waals surface area contributed by atoms with Crippen molar-refractivity contribution < 1.29 is 64.9 Å². The third kappa shape index (κ3) is 19.7. The average Bonchev–Trinajstić information content (AvgIpc) is 0.910. The second kappa shape index (κ2) is 30.7. The van der Waals surface area contributed by atoms with Crippen LogP contribution in [0.3, 0.4) is 0 Å². The highest BCUT2D eigenvalue weighted by molar-refractivity contribution is 14.1. The van der Waals surface area contributed by atoms with Gasteiger partial charge >= 0.3 is 5.97 Å². The van der Waals surface area contributed by atoms with E-state index < -0.39 is 120 Å². The summed E-state index contributed by atoms with van der Waals surface area (Å²) in [6, 6.07) is 0. The fourth-order valence-corrected chi connectivity index (χ4v) is 20.5. The van der Waals surface area contributed by atoms with Crippen LogP contribution in [-0.4, -0.2) is 169 Å². The van der Waals surface area contributed by atoms with Gasteiger partial charge in [0.15, 0.2) is 41.6 Å². The minimum Gasteiger partial charge on any atom is -0.458 e. The highest BCUT2D eigenvalue weighted by Crippen LogP contribution is 2.51. The third-order valence-corrected chi connectivity index (χ3v) is 48.1. The van der Waals surface area contributed by atoms with Gasteiger partial charge in [0.05, 0.1) is 67.6 Å². The van der Waals surface area contributed by atoms with Crippen molar-refractivity contribution >= 4 is 75.9 Å². The Morgan fingerprint density at radius 2 is 1.21 bits per heavy atom. The van der Waals surface area contributed by atoms with E-state index in [1.807, 2.05) is 0 Å². The van der Waals surface area contributed by atoms with Gasteiger partial charge in [0.1, 0.15) is 41.9 Å². The third-order valence-electron chi connectivity index (χ3n) is 24.4. The summed E-state index contributed by atoms with van der Waals surface area (Å²) in [4.78, 5) is 28.8. The molecule has 8 aliphatic rings. The van der Waals surface area contributed by atoms with Crippen LogP contribution in [0.2, 0.25) is 90.7 Å². The number of carbonyl (C=O) groups excluding carboxylic acids is 2. The van der Waals surface area contributed by atoms with Gasteiger partial charge in [-0.2, -0.15) is 0 Å². The van der Waals surface area contributed by atoms with Gasteiger partial charge in [0.2, 0.25) is 0 Å². The number of hydrogen-bond acceptors (Lipinski definition) is 14. The second-order valence-corrected chi connectivity index (χ2v) is 61.3. The lowest BCUT2D eigenvalue weighted by Gasteiger charge is -2.56. The molecule has 0 aromatic carbocycles. The molecule has 20 heteroatoms. The van der Waals surface area contributed by atoms with Gasteiger partial charge in [-0.25, -0.2) is 0 Å². The first kappa shape index (κ1) is 81.0. The second-order valence-electron chi connectivity index (χ2n) is 36.7. The Balaban J connectivity index is 1.48. The maximum atomic E-state index is 15.5. The van der Waals surface area contributed by atoms with Crippen molar-refractivity contribution in [3.8, 4) is 0 Å². The molecule has 18 atom stereocenters. The first-order valence-corrected chi connectivity index (χ1v) is 51.7. The smallest absolute Gasteiger partial charge is 0.303 e. The first-order valence-electron chi connectivity index (χ1n) is 35.7. The lowest BCUT2D eigenvalue weighted by Crippen LogP contribution is -2.69. The number of methoxy groups -OCH3 is 1. The van der Waals surface area contributed by atoms with Crippen LogP contribution in [0, 0.1) is 11.8 Å². The maximum absolute atomic E-state index is 15.5. The molecule has 0 aromatic heterocycles. The molecule has 0 radical (unpaired) electrons. The summed E-state index contributed by atoms with van der Waals surface area (Å²) < 4.78 is 88.2. The largest absolute Gasteiger partial charge is 0.458 e. The Labute approximate surface area is 580 Å². The van der Waals surface area contributed by atoms with Crippen molar-refractivity contribution in [2.75, 3.05) is 18.1 Å². The molecule has 14 nitrogen and oxygen atoms in total. The van der Waals surface area contributed by atoms with Gasteiger partial charge in [0.25, 0.3) is 0 Å². The predicted octanol–water partition coefficient (Wildman–Crippen LogP) is 18.2. The molecule has 7 bridgehead atoms. The van der Waals surface area contributed by atoms with Crippen molar-refractivity contribution in [1.29, 1.82) is 0 Å². The lowest BCUT2D eigenvalue weighted by atomic mass is 9.81. The summed E-state index contributed by atoms with van der Waals surface area (Å²) in [5.74, 6) is -0.784. The Kier molecular flexibility index (Phi) is 27.0. The van der Waals surface area contributed by atoms with E-state index in [9.17, 15) is 4.79 Å². The number of hydrogen-bond donors (Lipinski definition) is 0. The number of allylic oxidation sites excluding steroid dienone is 1. The van der Waals surface area contributed by atoms with Crippen LogP contribution < -0.4 is 0 Å². The van der Waals surface area contributed by atoms with E-state index in [2.05, 4.69) is 211 Å². The minimum atomic E-state index is -2.56. The minimum absolute atomic E-state index is 0.00768. The van der Waals surface area contributed by atoms with E-state index in [4.69, 9.17) is 61.9 Å². The summed E-state index contributed by atoms with van der Waals surface area (Å²) in [7, 11) is -10.4. The topological polar surface area (TPSA) is 145 Å². The molecule has 534 valence electrons. The standard InChI is InChI=1S/C72H135IO14Si5/c1-47-39-52-36-38-61-72(46-73,83-52)44-53(79-61)33-31-30-32-34-57(85-90(24,25)69(10,11)12)64-66(87-92(28,29)71(16,17)18)65(86-91(26,27)70(13,14)15)63-56(82-64)37-35-51(80-63)40-50(75)41-55-59(43-58(48(47)2)78-49(3)74)81-60(62(55)76-19)42-54(84-89(22,23)68(7,8)9)45-77-88(20,21)67(4,5)6/h32,34,47,51-66H,2,30-31,33,35-46H2,1,3-29H3/b34-32+/t47?,51?,52?,53-,54?,55?,56-,57?,58?,59?,60?,61-,62+,63?,64?,65?,66?,72?/m0/s1. The molecule has 8 rings (SSSR count). The van der Waals surface area contributed by atoms with Gasteiger partial charge in [-0.15, -0.1) is 0 Å². The summed E-state index contributed by atoms with van der Waals surface area (Å²) in [6.07, 6.45) is 7.60. The molecule has 8 heterocycles. The van der Waals surface area contributed by atoms with E-state index in [1.54, 1.807) is 7.11 Å². The number of Topliss-reactive ketones (excluding diaryl/α,β-unsaturated/α-hetero) is 1. The number of esters is 1. The normalized spacial score (nSPS) is 35.1. The molecular weight excluding hydrogens is 1360 g/mol. The van der Waals surface area contributed by atoms with Crippen LogP contribution in [0.15, 0.2) is 24.3 Å². The Bertz CT molecular complexity index is 2470. The van der Waals surface area contributed by atoms with Crippen LogP contribution in [0.1, 0.15) is 201 Å². The summed E-state index contributed by atoms with van der Waals surface area (Å²) >= 11 is 2.52. The molecule has 8 aliphatic heterocycles. The predicted molar refractivity (Wildman–Crippen MR) is 395 cm³/mol. The molecule has 0 N–H and O–H groups in total. The summed E-state index contributed by atoms with van der Waals surface area (Å²) in [5, 5.41) is -0.414. The molecule has 0 aromatic rings. The molecule has 0 saturated carbocycles. The van der Waals surface area contributed by atoms with Crippen molar-refractivity contribution in [1.82, 2.24) is 0 Å². The fraction of sp³-hybridized carbons (Fsp3) is 0.917. The van der Waals surface area contributed by atoms with Gasteiger partial charge in [-0.3, -0.25) is 9.59 Å². The monoisotopic (exact) mass is 1490 g/mol. The van der Waals surface area contributed by atoms with Gasteiger partial charge in [-0.05, 0) is 154 Å². The van der Waals surface area contributed by atoms with E-state index in [0.717, 1.165) is 54.9 Å². The number of carbonyl (C=O) groups is 2. The lowest BCUT2D eigenvalue weighted by molar-refractivity contribution is -0.266.